The number of nitrogens with two attached hydrogens (primary N) is 1. The second kappa shape index (κ2) is 5.57. The Balaban J connectivity index is 2.56. The number of hydrogen-bond donors (Lipinski definition) is 1. The van der Waals surface area contributed by atoms with Gasteiger partial charge in [0.2, 0.25) is 0 Å². The van der Waals surface area contributed by atoms with Gasteiger partial charge in [-0.05, 0) is 41.1 Å². The molecule has 0 aliphatic rings. The number of ether oxygens (including phenoxy) is 1. The van der Waals surface area contributed by atoms with Crippen LogP contribution in [0.1, 0.15) is 11.3 Å². The molecule has 0 fully saturated rings. The average molecular weight is 356 g/mol. The molecule has 0 saturated carbocycles. The van der Waals surface area contributed by atoms with E-state index in [2.05, 4.69) is 37.5 Å². The highest BCUT2D eigenvalue weighted by molar-refractivity contribution is 14.1. The summed E-state index contributed by atoms with van der Waals surface area (Å²) >= 11 is 2.12. The lowest BCUT2D eigenvalue weighted by atomic mass is 10.2. The smallest absolute Gasteiger partial charge is 0.180 e. The molecular formula is C12H13IN4O. The Labute approximate surface area is 119 Å². The molecule has 0 spiro atoms. The first-order valence-corrected chi connectivity index (χ1v) is 6.44. The Bertz CT molecular complexity index is 574. The van der Waals surface area contributed by atoms with Gasteiger partial charge in [-0.3, -0.25) is 4.98 Å². The van der Waals surface area contributed by atoms with Crippen molar-refractivity contribution in [2.45, 2.75) is 13.5 Å². The van der Waals surface area contributed by atoms with Gasteiger partial charge in [-0.25, -0.2) is 9.97 Å². The lowest BCUT2D eigenvalue weighted by molar-refractivity contribution is 0.181. The van der Waals surface area contributed by atoms with Gasteiger partial charge >= 0.3 is 0 Å². The van der Waals surface area contributed by atoms with Gasteiger partial charge in [-0.15, -0.1) is 0 Å². The molecule has 0 aromatic carbocycles. The summed E-state index contributed by atoms with van der Waals surface area (Å²) in [4.78, 5) is 13.1. The monoisotopic (exact) mass is 356 g/mol. The summed E-state index contributed by atoms with van der Waals surface area (Å²) in [5, 5.41) is 0. The fraction of sp³-hybridized carbons (Fsp3) is 0.250. The Hall–Kier alpha value is -1.28. The van der Waals surface area contributed by atoms with Crippen LogP contribution in [0.25, 0.3) is 11.5 Å². The molecule has 0 saturated heterocycles. The number of hydrogen-bond acceptors (Lipinski definition) is 5. The molecule has 0 bridgehead atoms. The summed E-state index contributed by atoms with van der Waals surface area (Å²) in [6.45, 7) is 2.37. The number of halogens is 1. The third kappa shape index (κ3) is 2.59. The van der Waals surface area contributed by atoms with E-state index in [0.29, 0.717) is 18.2 Å². The number of pyridine rings is 1. The van der Waals surface area contributed by atoms with Crippen molar-refractivity contribution in [3.63, 3.8) is 0 Å². The molecule has 6 heteroatoms. The van der Waals surface area contributed by atoms with Crippen LogP contribution in [-0.4, -0.2) is 22.1 Å². The van der Waals surface area contributed by atoms with Crippen LogP contribution in [0.15, 0.2) is 18.3 Å². The molecule has 2 heterocycles. The first kappa shape index (κ1) is 13.2. The summed E-state index contributed by atoms with van der Waals surface area (Å²) in [7, 11) is 1.63. The van der Waals surface area contributed by atoms with Crippen LogP contribution >= 0.6 is 22.6 Å². The van der Waals surface area contributed by atoms with Crippen molar-refractivity contribution in [1.82, 2.24) is 15.0 Å². The molecule has 0 radical (unpaired) electrons. The summed E-state index contributed by atoms with van der Waals surface area (Å²) in [5.74, 6) is 0.996. The largest absolute Gasteiger partial charge is 0.383 e. The molecule has 0 amide bonds. The van der Waals surface area contributed by atoms with Crippen LogP contribution in [0.2, 0.25) is 0 Å². The minimum Gasteiger partial charge on any atom is -0.383 e. The fourth-order valence-electron chi connectivity index (χ4n) is 1.57. The number of aryl methyl sites for hydroxylation is 1. The number of nitrogens with zero attached hydrogens (tertiary/aromatic N) is 3. The molecule has 18 heavy (non-hydrogen) atoms. The Kier molecular flexibility index (Phi) is 4.07. The summed E-state index contributed by atoms with van der Waals surface area (Å²) in [5.41, 5.74) is 8.44. The lowest BCUT2D eigenvalue weighted by Gasteiger charge is -2.09. The van der Waals surface area contributed by atoms with E-state index in [1.54, 1.807) is 13.3 Å². The predicted octanol–water partition coefficient (Wildman–Crippen LogP) is 2.18. The number of anilines is 1. The van der Waals surface area contributed by atoms with Crippen molar-refractivity contribution >= 4 is 28.4 Å². The van der Waals surface area contributed by atoms with Gasteiger partial charge in [-0.2, -0.15) is 0 Å². The highest BCUT2D eigenvalue weighted by Gasteiger charge is 2.13. The average Bonchev–Trinajstić information content (AvgIpc) is 2.35. The van der Waals surface area contributed by atoms with Crippen molar-refractivity contribution in [2.24, 2.45) is 0 Å². The van der Waals surface area contributed by atoms with Gasteiger partial charge in [0, 0.05) is 13.3 Å². The molecule has 94 valence electrons. The van der Waals surface area contributed by atoms with Crippen molar-refractivity contribution < 1.29 is 4.74 Å². The highest BCUT2D eigenvalue weighted by atomic mass is 127. The Morgan fingerprint density at radius 3 is 2.83 bits per heavy atom. The van der Waals surface area contributed by atoms with Crippen molar-refractivity contribution in [2.75, 3.05) is 12.8 Å². The van der Waals surface area contributed by atoms with E-state index >= 15 is 0 Å². The van der Waals surface area contributed by atoms with Crippen LogP contribution in [0.5, 0.6) is 0 Å². The summed E-state index contributed by atoms with van der Waals surface area (Å²) in [6.07, 6.45) is 1.72. The minimum atomic E-state index is 0.407. The van der Waals surface area contributed by atoms with E-state index in [-0.39, 0.29) is 0 Å². The fourth-order valence-corrected chi connectivity index (χ4v) is 1.97. The minimum absolute atomic E-state index is 0.407. The van der Waals surface area contributed by atoms with Crippen LogP contribution in [0.4, 0.5) is 5.82 Å². The van der Waals surface area contributed by atoms with Crippen molar-refractivity contribution in [3.05, 3.63) is 33.2 Å². The topological polar surface area (TPSA) is 73.9 Å². The molecule has 2 aromatic rings. The van der Waals surface area contributed by atoms with Crippen LogP contribution in [0, 0.1) is 10.5 Å². The SMILES string of the molecule is COCc1nc(-c2ncccc2C)nc(N)c1I. The maximum Gasteiger partial charge on any atom is 0.180 e. The first-order valence-electron chi connectivity index (χ1n) is 5.36. The lowest BCUT2D eigenvalue weighted by Crippen LogP contribution is -2.07. The van der Waals surface area contributed by atoms with E-state index in [9.17, 15) is 0 Å². The molecular weight excluding hydrogens is 343 g/mol. The van der Waals surface area contributed by atoms with Crippen LogP contribution in [0.3, 0.4) is 0 Å². The van der Waals surface area contributed by atoms with E-state index in [1.165, 1.54) is 0 Å². The standard InChI is InChI=1S/C12H13IN4O/c1-7-4-3-5-15-10(7)12-16-8(6-18-2)9(13)11(14)17-12/h3-5H,6H2,1-2H3,(H2,14,16,17). The number of aromatic nitrogens is 3. The zero-order valence-electron chi connectivity index (χ0n) is 10.1. The molecule has 0 atom stereocenters. The van der Waals surface area contributed by atoms with Gasteiger partial charge < -0.3 is 10.5 Å². The van der Waals surface area contributed by atoms with Crippen molar-refractivity contribution in [3.8, 4) is 11.5 Å². The van der Waals surface area contributed by atoms with E-state index in [0.717, 1.165) is 20.5 Å². The summed E-state index contributed by atoms with van der Waals surface area (Å²) in [6, 6.07) is 3.85. The highest BCUT2D eigenvalue weighted by Crippen LogP contribution is 2.23. The third-order valence-electron chi connectivity index (χ3n) is 2.45. The Morgan fingerprint density at radius 2 is 2.17 bits per heavy atom. The maximum atomic E-state index is 5.90. The number of methoxy groups -OCH3 is 1. The molecule has 2 aromatic heterocycles. The first-order chi connectivity index (χ1) is 8.63. The molecule has 0 aliphatic heterocycles. The quantitative estimate of drug-likeness (QED) is 0.854. The number of nitrogen functional groups attached to an aromatic ring is 1. The second-order valence-corrected chi connectivity index (χ2v) is 4.87. The molecule has 2 rings (SSSR count). The zero-order chi connectivity index (χ0) is 13.1. The summed E-state index contributed by atoms with van der Waals surface area (Å²) < 4.78 is 5.94. The van der Waals surface area contributed by atoms with Crippen molar-refractivity contribution in [1.29, 1.82) is 0 Å². The van der Waals surface area contributed by atoms with Crippen LogP contribution < -0.4 is 5.73 Å². The van der Waals surface area contributed by atoms with Gasteiger partial charge in [0.25, 0.3) is 0 Å². The number of rotatable bonds is 3. The molecule has 0 unspecified atom stereocenters. The predicted molar refractivity (Wildman–Crippen MR) is 77.8 cm³/mol. The van der Waals surface area contributed by atoms with Gasteiger partial charge in [-0.1, -0.05) is 6.07 Å². The third-order valence-corrected chi connectivity index (χ3v) is 3.62. The second-order valence-electron chi connectivity index (χ2n) is 3.80. The zero-order valence-corrected chi connectivity index (χ0v) is 12.3. The molecule has 0 aliphatic carbocycles. The molecule has 5 nitrogen and oxygen atoms in total. The van der Waals surface area contributed by atoms with Gasteiger partial charge in [0.1, 0.15) is 11.5 Å². The normalized spacial score (nSPS) is 10.6. The Morgan fingerprint density at radius 1 is 1.39 bits per heavy atom. The van der Waals surface area contributed by atoms with E-state index < -0.39 is 0 Å². The van der Waals surface area contributed by atoms with Crippen LogP contribution in [-0.2, 0) is 11.3 Å². The maximum absolute atomic E-state index is 5.90. The molecule has 2 N–H and O–H groups in total. The van der Waals surface area contributed by atoms with Gasteiger partial charge in [0.15, 0.2) is 5.82 Å². The van der Waals surface area contributed by atoms with Gasteiger partial charge in [0.05, 0.1) is 15.9 Å². The van der Waals surface area contributed by atoms with E-state index in [1.807, 2.05) is 19.1 Å². The van der Waals surface area contributed by atoms with E-state index in [4.69, 9.17) is 10.5 Å².